The Kier molecular flexibility index (Phi) is 3.70. The number of carbonyl (C=O) groups excluding carboxylic acids is 1. The summed E-state index contributed by atoms with van der Waals surface area (Å²) in [5.41, 5.74) is 2.04. The smallest absolute Gasteiger partial charge is 0.426 e. The zero-order chi connectivity index (χ0) is 12.2. The van der Waals surface area contributed by atoms with Crippen molar-refractivity contribution >= 4 is 12.0 Å². The molecule has 0 bridgehead atoms. The van der Waals surface area contributed by atoms with E-state index >= 15 is 0 Å². The summed E-state index contributed by atoms with van der Waals surface area (Å²) in [6, 6.07) is 0. The number of ether oxygens (including phenoxy) is 1. The maximum atomic E-state index is 11.5. The van der Waals surface area contributed by atoms with E-state index in [0.29, 0.717) is 12.5 Å². The molecule has 0 aromatic carbocycles. The van der Waals surface area contributed by atoms with Gasteiger partial charge in [0.2, 0.25) is 5.95 Å². The van der Waals surface area contributed by atoms with Crippen LogP contribution in [0.25, 0.3) is 0 Å². The molecule has 7 heteroatoms. The molecule has 2 N–H and O–H groups in total. The normalized spacial score (nSPS) is 11.0. The first kappa shape index (κ1) is 12.3. The maximum Gasteiger partial charge on any atom is 0.426 e. The van der Waals surface area contributed by atoms with E-state index in [9.17, 15) is 4.79 Å². The van der Waals surface area contributed by atoms with Crippen molar-refractivity contribution in [2.75, 3.05) is 11.6 Å². The molecular weight excluding hydrogens is 210 g/mol. The van der Waals surface area contributed by atoms with Crippen LogP contribution in [0, 0.1) is 0 Å². The number of anilines is 1. The molecule has 0 aliphatic carbocycles. The number of hydrazine groups is 1. The van der Waals surface area contributed by atoms with E-state index in [2.05, 4.69) is 20.6 Å². The van der Waals surface area contributed by atoms with Crippen LogP contribution < -0.4 is 10.4 Å². The van der Waals surface area contributed by atoms with Gasteiger partial charge in [-0.25, -0.2) is 15.3 Å². The molecule has 0 unspecified atom stereocenters. The highest BCUT2D eigenvalue weighted by Gasteiger charge is 2.18. The third-order valence-electron chi connectivity index (χ3n) is 1.60. The summed E-state index contributed by atoms with van der Waals surface area (Å²) >= 11 is 0. The maximum absolute atomic E-state index is 11.5. The predicted molar refractivity (Wildman–Crippen MR) is 58.8 cm³/mol. The molecule has 0 atom stereocenters. The van der Waals surface area contributed by atoms with E-state index in [0.717, 1.165) is 0 Å². The summed E-state index contributed by atoms with van der Waals surface area (Å²) < 4.78 is 5.11. The first-order valence-corrected chi connectivity index (χ1v) is 5.05. The van der Waals surface area contributed by atoms with Crippen LogP contribution in [0.4, 0.5) is 10.7 Å². The van der Waals surface area contributed by atoms with Crippen LogP contribution in [0.2, 0.25) is 0 Å². The molecule has 0 aliphatic rings. The standard InChI is InChI=1S/C9H17N5O2/c1-5-14(7-10-6-11-12-7)13-8(15)16-9(2,3)4/h6H,5H2,1-4H3,(H,13,15)(H,10,11,12). The average molecular weight is 227 g/mol. The molecule has 0 spiro atoms. The second-order valence-electron chi connectivity index (χ2n) is 4.17. The molecule has 0 aliphatic heterocycles. The highest BCUT2D eigenvalue weighted by Crippen LogP contribution is 2.07. The van der Waals surface area contributed by atoms with Gasteiger partial charge in [0.25, 0.3) is 0 Å². The van der Waals surface area contributed by atoms with Crippen LogP contribution in [-0.2, 0) is 4.74 Å². The number of aromatic nitrogens is 3. The SMILES string of the molecule is CCN(NC(=O)OC(C)(C)C)c1ncn[nH]1. The highest BCUT2D eigenvalue weighted by atomic mass is 16.6. The van der Waals surface area contributed by atoms with Crippen LogP contribution in [0.5, 0.6) is 0 Å². The fourth-order valence-corrected chi connectivity index (χ4v) is 1.02. The first-order chi connectivity index (χ1) is 7.42. The quantitative estimate of drug-likeness (QED) is 0.755. The van der Waals surface area contributed by atoms with Gasteiger partial charge in [0.15, 0.2) is 0 Å². The fraction of sp³-hybridized carbons (Fsp3) is 0.667. The van der Waals surface area contributed by atoms with Gasteiger partial charge in [-0.15, -0.1) is 0 Å². The first-order valence-electron chi connectivity index (χ1n) is 5.05. The van der Waals surface area contributed by atoms with Gasteiger partial charge in [0, 0.05) is 6.54 Å². The number of amides is 1. The summed E-state index contributed by atoms with van der Waals surface area (Å²) in [6.07, 6.45) is 0.847. The minimum Gasteiger partial charge on any atom is -0.443 e. The van der Waals surface area contributed by atoms with E-state index in [4.69, 9.17) is 4.74 Å². The van der Waals surface area contributed by atoms with Gasteiger partial charge in [-0.05, 0) is 27.7 Å². The monoisotopic (exact) mass is 227 g/mol. The highest BCUT2D eigenvalue weighted by molar-refractivity contribution is 5.69. The van der Waals surface area contributed by atoms with Crippen LogP contribution in [0.1, 0.15) is 27.7 Å². The lowest BCUT2D eigenvalue weighted by Crippen LogP contribution is -2.45. The van der Waals surface area contributed by atoms with Gasteiger partial charge in [-0.1, -0.05) is 0 Å². The van der Waals surface area contributed by atoms with Crippen molar-refractivity contribution in [3.05, 3.63) is 6.33 Å². The van der Waals surface area contributed by atoms with Gasteiger partial charge in [-0.2, -0.15) is 10.1 Å². The number of rotatable bonds is 3. The average Bonchev–Trinajstić information content (AvgIpc) is 2.63. The molecule has 1 heterocycles. The number of hydrogen-bond donors (Lipinski definition) is 2. The molecule has 16 heavy (non-hydrogen) atoms. The Morgan fingerprint density at radius 3 is 2.75 bits per heavy atom. The summed E-state index contributed by atoms with van der Waals surface area (Å²) in [6.45, 7) is 7.83. The molecule has 0 saturated heterocycles. The van der Waals surface area contributed by atoms with E-state index < -0.39 is 11.7 Å². The molecule has 0 radical (unpaired) electrons. The largest absolute Gasteiger partial charge is 0.443 e. The van der Waals surface area contributed by atoms with Crippen molar-refractivity contribution in [3.63, 3.8) is 0 Å². The van der Waals surface area contributed by atoms with Crippen molar-refractivity contribution in [2.24, 2.45) is 0 Å². The topological polar surface area (TPSA) is 83.1 Å². The van der Waals surface area contributed by atoms with Crippen LogP contribution in [0.3, 0.4) is 0 Å². The predicted octanol–water partition coefficient (Wildman–Crippen LogP) is 1.07. The number of nitrogens with zero attached hydrogens (tertiary/aromatic N) is 3. The van der Waals surface area contributed by atoms with E-state index in [1.807, 2.05) is 6.92 Å². The summed E-state index contributed by atoms with van der Waals surface area (Å²) in [4.78, 5) is 15.4. The summed E-state index contributed by atoms with van der Waals surface area (Å²) in [5, 5.41) is 7.87. The molecule has 0 fully saturated rings. The lowest BCUT2D eigenvalue weighted by atomic mass is 10.2. The number of hydrogen-bond acceptors (Lipinski definition) is 5. The van der Waals surface area contributed by atoms with Gasteiger partial charge in [0.1, 0.15) is 11.9 Å². The van der Waals surface area contributed by atoms with Crippen molar-refractivity contribution in [1.29, 1.82) is 0 Å². The van der Waals surface area contributed by atoms with Crippen LogP contribution in [-0.4, -0.2) is 33.4 Å². The van der Waals surface area contributed by atoms with Crippen LogP contribution >= 0.6 is 0 Å². The van der Waals surface area contributed by atoms with Crippen LogP contribution in [0.15, 0.2) is 6.33 Å². The fourth-order valence-electron chi connectivity index (χ4n) is 1.02. The molecular formula is C9H17N5O2. The molecule has 1 aromatic heterocycles. The Labute approximate surface area is 94.2 Å². The number of carbonyl (C=O) groups is 1. The zero-order valence-corrected chi connectivity index (χ0v) is 9.94. The van der Waals surface area contributed by atoms with Gasteiger partial charge >= 0.3 is 6.09 Å². The second-order valence-corrected chi connectivity index (χ2v) is 4.17. The van der Waals surface area contributed by atoms with Crippen molar-refractivity contribution in [1.82, 2.24) is 20.6 Å². The van der Waals surface area contributed by atoms with Crippen molar-refractivity contribution < 1.29 is 9.53 Å². The number of aromatic amines is 1. The molecule has 90 valence electrons. The third kappa shape index (κ3) is 3.76. The van der Waals surface area contributed by atoms with Crippen molar-refractivity contribution in [2.45, 2.75) is 33.3 Å². The minimum absolute atomic E-state index is 0.466. The van der Waals surface area contributed by atoms with E-state index in [-0.39, 0.29) is 0 Å². The summed E-state index contributed by atoms with van der Waals surface area (Å²) in [5.74, 6) is 0.466. The summed E-state index contributed by atoms with van der Waals surface area (Å²) in [7, 11) is 0. The van der Waals surface area contributed by atoms with Crippen molar-refractivity contribution in [3.8, 4) is 0 Å². The Balaban J connectivity index is 2.55. The Bertz CT molecular complexity index is 330. The Morgan fingerprint density at radius 2 is 2.31 bits per heavy atom. The number of nitrogens with one attached hydrogen (secondary N) is 2. The zero-order valence-electron chi connectivity index (χ0n) is 9.94. The molecule has 1 rings (SSSR count). The Morgan fingerprint density at radius 1 is 1.62 bits per heavy atom. The molecule has 0 saturated carbocycles. The van der Waals surface area contributed by atoms with Gasteiger partial charge < -0.3 is 4.74 Å². The third-order valence-corrected chi connectivity index (χ3v) is 1.60. The van der Waals surface area contributed by atoms with E-state index in [1.54, 1.807) is 20.8 Å². The van der Waals surface area contributed by atoms with Gasteiger partial charge in [-0.3, -0.25) is 5.01 Å². The lowest BCUT2D eigenvalue weighted by molar-refractivity contribution is 0.0520. The number of H-pyrrole nitrogens is 1. The minimum atomic E-state index is -0.523. The molecule has 1 aromatic rings. The second kappa shape index (κ2) is 4.82. The lowest BCUT2D eigenvalue weighted by Gasteiger charge is -2.24. The van der Waals surface area contributed by atoms with Gasteiger partial charge in [0.05, 0.1) is 0 Å². The Hall–Kier alpha value is -1.79. The molecule has 1 amide bonds. The van der Waals surface area contributed by atoms with E-state index in [1.165, 1.54) is 11.3 Å². The molecule has 7 nitrogen and oxygen atoms in total.